The number of benzene rings is 2. The fourth-order valence-corrected chi connectivity index (χ4v) is 4.71. The lowest BCUT2D eigenvalue weighted by Gasteiger charge is -2.29. The van der Waals surface area contributed by atoms with Crippen molar-refractivity contribution in [3.05, 3.63) is 52.3 Å². The van der Waals surface area contributed by atoms with Gasteiger partial charge in [0.05, 0.1) is 22.9 Å². The number of anilines is 1. The van der Waals surface area contributed by atoms with Crippen LogP contribution in [0, 0.1) is 5.82 Å². The van der Waals surface area contributed by atoms with Crippen LogP contribution in [0.15, 0.2) is 36.4 Å². The van der Waals surface area contributed by atoms with E-state index in [4.69, 9.17) is 32.7 Å². The Morgan fingerprint density at radius 2 is 2.03 bits per heavy atom. The predicted molar refractivity (Wildman–Crippen MR) is 128 cm³/mol. The number of carbonyl (C=O) groups excluding carboxylic acids is 1. The number of thiazole rings is 1. The minimum absolute atomic E-state index is 0. The molecule has 172 valence electrons. The standard InChI is InChI=1S/C21H20Cl2FN3O3S.ClH/c22-14-4-5-17(15(23)12-14)30-13-19(28)27(7-6-26-8-10-29-11-9-26)21-25-20-16(24)2-1-3-18(20)31-21;/h1-5,12H,6-11,13H2;1H. The number of para-hydroxylation sites is 1. The molecule has 1 fully saturated rings. The first-order valence-corrected chi connectivity index (χ1v) is 11.3. The summed E-state index contributed by atoms with van der Waals surface area (Å²) >= 11 is 13.3. The van der Waals surface area contributed by atoms with Crippen LogP contribution in [0.2, 0.25) is 10.0 Å². The Balaban J connectivity index is 0.00000289. The van der Waals surface area contributed by atoms with Crippen molar-refractivity contribution >= 4 is 68.2 Å². The topological polar surface area (TPSA) is 54.9 Å². The predicted octanol–water partition coefficient (Wildman–Crippen LogP) is 4.91. The first-order chi connectivity index (χ1) is 15.0. The molecule has 1 aromatic heterocycles. The summed E-state index contributed by atoms with van der Waals surface area (Å²) in [5, 5.41) is 1.23. The zero-order valence-electron chi connectivity index (χ0n) is 16.9. The molecule has 0 atom stereocenters. The van der Waals surface area contributed by atoms with Gasteiger partial charge < -0.3 is 9.47 Å². The summed E-state index contributed by atoms with van der Waals surface area (Å²) < 4.78 is 25.9. The maximum absolute atomic E-state index is 14.2. The first kappa shape index (κ1) is 25.0. The average Bonchev–Trinajstić information content (AvgIpc) is 3.19. The monoisotopic (exact) mass is 519 g/mol. The van der Waals surface area contributed by atoms with Gasteiger partial charge in [-0.2, -0.15) is 0 Å². The van der Waals surface area contributed by atoms with E-state index in [0.29, 0.717) is 51.9 Å². The van der Waals surface area contributed by atoms with Gasteiger partial charge in [0.15, 0.2) is 11.7 Å². The molecule has 1 aliphatic rings. The summed E-state index contributed by atoms with van der Waals surface area (Å²) in [6.45, 7) is 3.74. The molecule has 0 unspecified atom stereocenters. The van der Waals surface area contributed by atoms with Crippen molar-refractivity contribution in [1.29, 1.82) is 0 Å². The van der Waals surface area contributed by atoms with Gasteiger partial charge in [0.2, 0.25) is 0 Å². The number of halogens is 4. The quantitative estimate of drug-likeness (QED) is 0.443. The van der Waals surface area contributed by atoms with E-state index in [0.717, 1.165) is 13.1 Å². The van der Waals surface area contributed by atoms with E-state index in [-0.39, 0.29) is 30.4 Å². The van der Waals surface area contributed by atoms with Crippen LogP contribution in [-0.4, -0.2) is 61.8 Å². The minimum atomic E-state index is -0.412. The highest BCUT2D eigenvalue weighted by atomic mass is 35.5. The minimum Gasteiger partial charge on any atom is -0.482 e. The van der Waals surface area contributed by atoms with E-state index in [1.807, 2.05) is 0 Å². The molecule has 2 heterocycles. The third kappa shape index (κ3) is 6.01. The molecule has 0 N–H and O–H groups in total. The Labute approximate surface area is 205 Å². The molecule has 3 aromatic rings. The molecular formula is C21H21Cl3FN3O3S. The largest absolute Gasteiger partial charge is 0.482 e. The lowest BCUT2D eigenvalue weighted by Crippen LogP contribution is -2.44. The highest BCUT2D eigenvalue weighted by molar-refractivity contribution is 7.22. The third-order valence-corrected chi connectivity index (χ3v) is 6.45. The molecule has 6 nitrogen and oxygen atoms in total. The van der Waals surface area contributed by atoms with Gasteiger partial charge in [-0.05, 0) is 30.3 Å². The van der Waals surface area contributed by atoms with Gasteiger partial charge in [-0.15, -0.1) is 12.4 Å². The van der Waals surface area contributed by atoms with E-state index < -0.39 is 5.82 Å². The Kier molecular flexibility index (Phi) is 8.93. The molecule has 2 aromatic carbocycles. The number of morpholine rings is 1. The van der Waals surface area contributed by atoms with Crippen LogP contribution < -0.4 is 9.64 Å². The van der Waals surface area contributed by atoms with Gasteiger partial charge in [-0.25, -0.2) is 9.37 Å². The number of ether oxygens (including phenoxy) is 2. The fourth-order valence-electron chi connectivity index (χ4n) is 3.22. The average molecular weight is 521 g/mol. The van der Waals surface area contributed by atoms with Gasteiger partial charge in [0.1, 0.15) is 17.1 Å². The van der Waals surface area contributed by atoms with Crippen molar-refractivity contribution in [2.45, 2.75) is 0 Å². The van der Waals surface area contributed by atoms with Crippen molar-refractivity contribution in [2.24, 2.45) is 0 Å². The SMILES string of the molecule is Cl.O=C(COc1ccc(Cl)cc1Cl)N(CCN1CCOCC1)c1nc2c(F)cccc2s1. The van der Waals surface area contributed by atoms with Crippen LogP contribution in [-0.2, 0) is 9.53 Å². The second-order valence-corrected chi connectivity index (χ2v) is 8.80. The van der Waals surface area contributed by atoms with Crippen LogP contribution in [0.4, 0.5) is 9.52 Å². The molecule has 32 heavy (non-hydrogen) atoms. The molecule has 1 aliphatic heterocycles. The number of aromatic nitrogens is 1. The van der Waals surface area contributed by atoms with E-state index >= 15 is 0 Å². The van der Waals surface area contributed by atoms with Crippen LogP contribution in [0.5, 0.6) is 5.75 Å². The maximum Gasteiger partial charge on any atom is 0.266 e. The van der Waals surface area contributed by atoms with Crippen molar-refractivity contribution < 1.29 is 18.7 Å². The molecule has 0 aliphatic carbocycles. The van der Waals surface area contributed by atoms with E-state index in [1.54, 1.807) is 35.2 Å². The Morgan fingerprint density at radius 3 is 2.75 bits per heavy atom. The Hall–Kier alpha value is -1.68. The summed E-state index contributed by atoms with van der Waals surface area (Å²) in [6, 6.07) is 9.58. The first-order valence-electron chi connectivity index (χ1n) is 9.74. The van der Waals surface area contributed by atoms with Crippen LogP contribution in [0.3, 0.4) is 0 Å². The van der Waals surface area contributed by atoms with Crippen molar-refractivity contribution in [3.8, 4) is 5.75 Å². The second kappa shape index (κ2) is 11.4. The summed E-state index contributed by atoms with van der Waals surface area (Å²) in [7, 11) is 0. The number of fused-ring (bicyclic) bond motifs is 1. The summed E-state index contributed by atoms with van der Waals surface area (Å²) in [6.07, 6.45) is 0. The van der Waals surface area contributed by atoms with Crippen LogP contribution in [0.1, 0.15) is 0 Å². The zero-order valence-corrected chi connectivity index (χ0v) is 20.1. The zero-order chi connectivity index (χ0) is 21.8. The smallest absolute Gasteiger partial charge is 0.266 e. The molecule has 1 amide bonds. The van der Waals surface area contributed by atoms with Crippen molar-refractivity contribution in [2.75, 3.05) is 50.9 Å². The van der Waals surface area contributed by atoms with Gasteiger partial charge in [-0.1, -0.05) is 40.6 Å². The van der Waals surface area contributed by atoms with E-state index in [1.165, 1.54) is 17.4 Å². The lowest BCUT2D eigenvalue weighted by atomic mass is 10.3. The molecule has 0 bridgehead atoms. The van der Waals surface area contributed by atoms with Crippen LogP contribution in [0.25, 0.3) is 10.2 Å². The number of amides is 1. The number of nitrogens with zero attached hydrogens (tertiary/aromatic N) is 3. The van der Waals surface area contributed by atoms with Gasteiger partial charge >= 0.3 is 0 Å². The number of hydrogen-bond donors (Lipinski definition) is 0. The molecule has 4 rings (SSSR count). The molecular weight excluding hydrogens is 500 g/mol. The van der Waals surface area contributed by atoms with Crippen LogP contribution >= 0.6 is 46.9 Å². The van der Waals surface area contributed by atoms with Crippen molar-refractivity contribution in [3.63, 3.8) is 0 Å². The lowest BCUT2D eigenvalue weighted by molar-refractivity contribution is -0.120. The molecule has 0 radical (unpaired) electrons. The normalized spacial score (nSPS) is 14.2. The number of rotatable bonds is 7. The third-order valence-electron chi connectivity index (χ3n) is 4.88. The Bertz CT molecular complexity index is 1080. The highest BCUT2D eigenvalue weighted by Gasteiger charge is 2.23. The van der Waals surface area contributed by atoms with E-state index in [9.17, 15) is 9.18 Å². The maximum atomic E-state index is 14.2. The summed E-state index contributed by atoms with van der Waals surface area (Å²) in [5.74, 6) is -0.341. The number of hydrogen-bond acceptors (Lipinski definition) is 6. The molecule has 1 saturated heterocycles. The van der Waals surface area contributed by atoms with Gasteiger partial charge in [-0.3, -0.25) is 14.6 Å². The van der Waals surface area contributed by atoms with Crippen molar-refractivity contribution in [1.82, 2.24) is 9.88 Å². The molecule has 11 heteroatoms. The molecule has 0 spiro atoms. The number of carbonyl (C=O) groups is 1. The second-order valence-electron chi connectivity index (χ2n) is 6.95. The summed E-state index contributed by atoms with van der Waals surface area (Å²) in [5.41, 5.74) is 0.258. The van der Waals surface area contributed by atoms with E-state index in [2.05, 4.69) is 9.88 Å². The Morgan fingerprint density at radius 1 is 1.25 bits per heavy atom. The van der Waals surface area contributed by atoms with Gasteiger partial charge in [0, 0.05) is 31.2 Å². The fraction of sp³-hybridized carbons (Fsp3) is 0.333. The van der Waals surface area contributed by atoms with Gasteiger partial charge in [0.25, 0.3) is 5.91 Å². The highest BCUT2D eigenvalue weighted by Crippen LogP contribution is 2.31. The molecule has 0 saturated carbocycles. The summed E-state index contributed by atoms with van der Waals surface area (Å²) in [4.78, 5) is 21.2.